The quantitative estimate of drug-likeness (QED) is 0.273. The molecule has 0 saturated carbocycles. The number of sulfonamides is 2. The fourth-order valence-electron chi connectivity index (χ4n) is 3.33. The molecule has 3 rings (SSSR count). The second-order valence-electron chi connectivity index (χ2n) is 8.34. The van der Waals surface area contributed by atoms with Crippen molar-refractivity contribution in [1.82, 2.24) is 10.0 Å². The van der Waals surface area contributed by atoms with Crippen LogP contribution in [-0.2, 0) is 24.8 Å². The number of hydrogen-bond acceptors (Lipinski definition) is 7. The first kappa shape index (κ1) is 29.0. The van der Waals surface area contributed by atoms with E-state index in [0.29, 0.717) is 29.4 Å². The minimum atomic E-state index is -3.84. The molecule has 0 aromatic heterocycles. The molecule has 0 aliphatic rings. The number of benzene rings is 3. The van der Waals surface area contributed by atoms with E-state index in [1.807, 2.05) is 13.8 Å². The molecule has 0 heterocycles. The van der Waals surface area contributed by atoms with Crippen molar-refractivity contribution in [3.8, 4) is 11.5 Å². The molecule has 3 aromatic carbocycles. The lowest BCUT2D eigenvalue weighted by Crippen LogP contribution is -2.36. The van der Waals surface area contributed by atoms with Gasteiger partial charge in [-0.25, -0.2) is 21.6 Å². The van der Waals surface area contributed by atoms with Crippen molar-refractivity contribution < 1.29 is 31.1 Å². The molecule has 0 aliphatic carbocycles. The first-order valence-corrected chi connectivity index (χ1v) is 14.8. The lowest BCUT2D eigenvalue weighted by atomic mass is 10.2. The number of carbonyl (C=O) groups excluding carboxylic acids is 1. The Hall–Kier alpha value is -3.61. The lowest BCUT2D eigenvalue weighted by Gasteiger charge is -2.13. The fourth-order valence-corrected chi connectivity index (χ4v) is 5.51. The van der Waals surface area contributed by atoms with Crippen LogP contribution >= 0.6 is 0 Å². The molecule has 0 fully saturated rings. The van der Waals surface area contributed by atoms with Gasteiger partial charge in [0, 0.05) is 18.8 Å². The summed E-state index contributed by atoms with van der Waals surface area (Å²) in [4.78, 5) is 12.3. The maximum Gasteiger partial charge on any atom is 0.261 e. The van der Waals surface area contributed by atoms with Crippen LogP contribution in [-0.4, -0.2) is 49.0 Å². The molecular formula is C26H31N3O7S2. The molecule has 1 amide bonds. The summed E-state index contributed by atoms with van der Waals surface area (Å²) in [5.74, 6) is 0.536. The maximum atomic E-state index is 12.8. The third-order valence-electron chi connectivity index (χ3n) is 5.30. The number of ether oxygens (including phenoxy) is 2. The molecule has 0 bridgehead atoms. The van der Waals surface area contributed by atoms with Crippen LogP contribution in [0.1, 0.15) is 18.1 Å². The zero-order valence-electron chi connectivity index (χ0n) is 21.4. The zero-order chi connectivity index (χ0) is 27.8. The largest absolute Gasteiger partial charge is 0.494 e. The SMILES string of the molecule is CCOc1ccc(NS(=O)(=O)c2ccc(OCC(=O)NCCNS(=O)(=O)c3ccc(C)cc3)c(C)c2)cc1. The molecule has 38 heavy (non-hydrogen) atoms. The number of anilines is 1. The summed E-state index contributed by atoms with van der Waals surface area (Å²) in [6.45, 7) is 5.66. The normalized spacial score (nSPS) is 11.6. The van der Waals surface area contributed by atoms with Crippen LogP contribution < -0.4 is 24.2 Å². The number of carbonyl (C=O) groups is 1. The molecule has 10 nitrogen and oxygen atoms in total. The molecule has 0 unspecified atom stereocenters. The van der Waals surface area contributed by atoms with Gasteiger partial charge in [-0.3, -0.25) is 9.52 Å². The molecule has 0 aliphatic heterocycles. The van der Waals surface area contributed by atoms with E-state index < -0.39 is 26.0 Å². The van der Waals surface area contributed by atoms with Crippen LogP contribution in [0.4, 0.5) is 5.69 Å². The van der Waals surface area contributed by atoms with E-state index in [0.717, 1.165) is 5.56 Å². The van der Waals surface area contributed by atoms with Crippen LogP contribution in [0.3, 0.4) is 0 Å². The molecule has 0 atom stereocenters. The third kappa shape index (κ3) is 8.20. The van der Waals surface area contributed by atoms with Crippen molar-refractivity contribution in [2.45, 2.75) is 30.6 Å². The summed E-state index contributed by atoms with van der Waals surface area (Å²) in [6.07, 6.45) is 0. The van der Waals surface area contributed by atoms with Crippen molar-refractivity contribution in [2.24, 2.45) is 0 Å². The Morgan fingerprint density at radius 1 is 0.789 bits per heavy atom. The van der Waals surface area contributed by atoms with E-state index in [-0.39, 0.29) is 29.5 Å². The first-order chi connectivity index (χ1) is 18.0. The fraction of sp³-hybridized carbons (Fsp3) is 0.269. The van der Waals surface area contributed by atoms with Gasteiger partial charge in [0.2, 0.25) is 10.0 Å². The van der Waals surface area contributed by atoms with E-state index in [1.165, 1.54) is 30.3 Å². The predicted octanol–water partition coefficient (Wildman–Crippen LogP) is 2.98. The van der Waals surface area contributed by atoms with Crippen LogP contribution in [0, 0.1) is 13.8 Å². The van der Waals surface area contributed by atoms with Gasteiger partial charge in [-0.05, 0) is 80.9 Å². The van der Waals surface area contributed by atoms with Gasteiger partial charge in [-0.15, -0.1) is 0 Å². The highest BCUT2D eigenvalue weighted by Gasteiger charge is 2.17. The maximum absolute atomic E-state index is 12.8. The minimum absolute atomic E-state index is 0.00882. The van der Waals surface area contributed by atoms with Gasteiger partial charge in [-0.1, -0.05) is 17.7 Å². The molecular weight excluding hydrogens is 530 g/mol. The second kappa shape index (κ2) is 12.8. The minimum Gasteiger partial charge on any atom is -0.494 e. The molecule has 0 spiro atoms. The smallest absolute Gasteiger partial charge is 0.261 e. The Labute approximate surface area is 223 Å². The van der Waals surface area contributed by atoms with Gasteiger partial charge in [0.25, 0.3) is 15.9 Å². The Balaban J connectivity index is 1.48. The molecule has 3 aromatic rings. The van der Waals surface area contributed by atoms with E-state index in [4.69, 9.17) is 9.47 Å². The number of rotatable bonds is 13. The number of hydrogen-bond donors (Lipinski definition) is 3. The second-order valence-corrected chi connectivity index (χ2v) is 11.8. The van der Waals surface area contributed by atoms with Crippen molar-refractivity contribution in [3.63, 3.8) is 0 Å². The topological polar surface area (TPSA) is 140 Å². The first-order valence-electron chi connectivity index (χ1n) is 11.8. The summed E-state index contributed by atoms with van der Waals surface area (Å²) < 4.78 is 65.9. The summed E-state index contributed by atoms with van der Waals surface area (Å²) >= 11 is 0. The van der Waals surface area contributed by atoms with E-state index >= 15 is 0 Å². The highest BCUT2D eigenvalue weighted by atomic mass is 32.2. The van der Waals surface area contributed by atoms with Gasteiger partial charge >= 0.3 is 0 Å². The van der Waals surface area contributed by atoms with Gasteiger partial charge in [0.05, 0.1) is 16.4 Å². The predicted molar refractivity (Wildman–Crippen MR) is 144 cm³/mol. The molecule has 0 saturated heterocycles. The van der Waals surface area contributed by atoms with Crippen LogP contribution in [0.2, 0.25) is 0 Å². The average Bonchev–Trinajstić information content (AvgIpc) is 2.87. The Kier molecular flexibility index (Phi) is 9.72. The molecule has 204 valence electrons. The Morgan fingerprint density at radius 2 is 1.45 bits per heavy atom. The number of aryl methyl sites for hydroxylation is 2. The highest BCUT2D eigenvalue weighted by molar-refractivity contribution is 7.92. The number of nitrogens with one attached hydrogen (secondary N) is 3. The van der Waals surface area contributed by atoms with E-state index in [9.17, 15) is 21.6 Å². The summed E-state index contributed by atoms with van der Waals surface area (Å²) in [7, 11) is -7.51. The lowest BCUT2D eigenvalue weighted by molar-refractivity contribution is -0.123. The van der Waals surface area contributed by atoms with Crippen LogP contribution in [0.25, 0.3) is 0 Å². The van der Waals surface area contributed by atoms with Crippen LogP contribution in [0.5, 0.6) is 11.5 Å². The summed E-state index contributed by atoms with van der Waals surface area (Å²) in [5, 5.41) is 2.57. The summed E-state index contributed by atoms with van der Waals surface area (Å²) in [5.41, 5.74) is 1.87. The Bertz CT molecular complexity index is 1460. The van der Waals surface area contributed by atoms with Gasteiger partial charge in [0.1, 0.15) is 11.5 Å². The monoisotopic (exact) mass is 561 g/mol. The third-order valence-corrected chi connectivity index (χ3v) is 8.16. The highest BCUT2D eigenvalue weighted by Crippen LogP contribution is 2.24. The van der Waals surface area contributed by atoms with Crippen molar-refractivity contribution in [1.29, 1.82) is 0 Å². The van der Waals surface area contributed by atoms with Crippen molar-refractivity contribution >= 4 is 31.6 Å². The van der Waals surface area contributed by atoms with Crippen molar-refractivity contribution in [3.05, 3.63) is 77.9 Å². The molecule has 3 N–H and O–H groups in total. The van der Waals surface area contributed by atoms with Crippen molar-refractivity contribution in [2.75, 3.05) is 31.0 Å². The standard InChI is InChI=1S/C26H31N3O7S2/c1-4-35-22-9-7-21(8-10-22)29-38(33,34)24-13-14-25(20(3)17-24)36-18-26(30)27-15-16-28-37(31,32)23-11-5-19(2)6-12-23/h5-14,17,28-29H,4,15-16,18H2,1-3H3,(H,27,30). The van der Waals surface area contributed by atoms with Gasteiger partial charge in [0.15, 0.2) is 6.61 Å². The number of amides is 1. The zero-order valence-corrected chi connectivity index (χ0v) is 23.0. The van der Waals surface area contributed by atoms with Crippen LogP contribution in [0.15, 0.2) is 76.5 Å². The molecule has 12 heteroatoms. The van der Waals surface area contributed by atoms with E-state index in [2.05, 4.69) is 14.8 Å². The summed E-state index contributed by atoms with van der Waals surface area (Å²) in [6, 6.07) is 17.3. The average molecular weight is 562 g/mol. The molecule has 0 radical (unpaired) electrons. The Morgan fingerprint density at radius 3 is 2.08 bits per heavy atom. The van der Waals surface area contributed by atoms with Gasteiger partial charge in [-0.2, -0.15) is 0 Å². The van der Waals surface area contributed by atoms with Gasteiger partial charge < -0.3 is 14.8 Å². The van der Waals surface area contributed by atoms with E-state index in [1.54, 1.807) is 43.3 Å².